The normalized spacial score (nSPS) is 11.3. The second kappa shape index (κ2) is 7.91. The van der Waals surface area contributed by atoms with Crippen LogP contribution in [-0.2, 0) is 14.8 Å². The first-order valence-electron chi connectivity index (χ1n) is 7.25. The molecule has 1 amide bonds. The monoisotopic (exact) mass is 343 g/mol. The van der Waals surface area contributed by atoms with Crippen molar-refractivity contribution >= 4 is 27.3 Å². The van der Waals surface area contributed by atoms with E-state index in [9.17, 15) is 23.3 Å². The number of hydrogen-bond acceptors (Lipinski definition) is 6. The number of non-ortho nitro benzene ring substituents is 1. The fourth-order valence-corrected chi connectivity index (χ4v) is 3.04. The number of rotatable bonds is 8. The molecule has 23 heavy (non-hydrogen) atoms. The smallest absolute Gasteiger partial charge is 0.271 e. The molecule has 0 aromatic heterocycles. The van der Waals surface area contributed by atoms with Crippen LogP contribution in [0.15, 0.2) is 23.1 Å². The number of anilines is 1. The highest BCUT2D eigenvalue weighted by molar-refractivity contribution is 7.90. The van der Waals surface area contributed by atoms with Gasteiger partial charge in [-0.15, -0.1) is 0 Å². The summed E-state index contributed by atoms with van der Waals surface area (Å²) in [5, 5.41) is 13.7. The summed E-state index contributed by atoms with van der Waals surface area (Å²) < 4.78 is 26.7. The molecule has 1 aromatic rings. The van der Waals surface area contributed by atoms with Gasteiger partial charge in [-0.2, -0.15) is 0 Å². The van der Waals surface area contributed by atoms with Gasteiger partial charge in [0, 0.05) is 25.1 Å². The van der Waals surface area contributed by atoms with Crippen LogP contribution < -0.4 is 10.0 Å². The van der Waals surface area contributed by atoms with Crippen LogP contribution >= 0.6 is 0 Å². The Morgan fingerprint density at radius 2 is 2.00 bits per heavy atom. The molecule has 0 heterocycles. The summed E-state index contributed by atoms with van der Waals surface area (Å²) in [4.78, 5) is 21.8. The van der Waals surface area contributed by atoms with E-state index in [1.165, 1.54) is 0 Å². The Labute approximate surface area is 135 Å². The van der Waals surface area contributed by atoms with Crippen molar-refractivity contribution < 1.29 is 18.1 Å². The average Bonchev–Trinajstić information content (AvgIpc) is 2.42. The second-order valence-corrected chi connectivity index (χ2v) is 7.14. The summed E-state index contributed by atoms with van der Waals surface area (Å²) in [5.41, 5.74) is -0.123. The molecule has 0 saturated carbocycles. The minimum absolute atomic E-state index is 0.0137. The number of carbonyl (C=O) groups is 1. The molecule has 0 unspecified atom stereocenters. The Kier molecular flexibility index (Phi) is 6.49. The predicted octanol–water partition coefficient (Wildman–Crippen LogP) is 2.27. The van der Waals surface area contributed by atoms with Crippen LogP contribution in [0.2, 0.25) is 0 Å². The lowest BCUT2D eigenvalue weighted by Crippen LogP contribution is -2.31. The molecule has 1 rings (SSSR count). The van der Waals surface area contributed by atoms with Gasteiger partial charge >= 0.3 is 0 Å². The quantitative estimate of drug-likeness (QED) is 0.552. The lowest BCUT2D eigenvalue weighted by molar-refractivity contribution is -0.384. The fourth-order valence-electron chi connectivity index (χ4n) is 1.88. The number of sulfonamides is 1. The average molecular weight is 343 g/mol. The third-order valence-electron chi connectivity index (χ3n) is 2.87. The van der Waals surface area contributed by atoms with Gasteiger partial charge in [-0.05, 0) is 18.4 Å². The zero-order chi connectivity index (χ0) is 17.6. The topological polar surface area (TPSA) is 118 Å². The molecule has 2 N–H and O–H groups in total. The molecule has 128 valence electrons. The first-order valence-corrected chi connectivity index (χ1v) is 8.73. The Hall–Kier alpha value is -2.16. The van der Waals surface area contributed by atoms with Gasteiger partial charge in [-0.25, -0.2) is 13.1 Å². The molecule has 8 nitrogen and oxygen atoms in total. The molecule has 1 aromatic carbocycles. The van der Waals surface area contributed by atoms with Crippen molar-refractivity contribution in [1.82, 2.24) is 4.72 Å². The fraction of sp³-hybridized carbons (Fsp3) is 0.500. The van der Waals surface area contributed by atoms with Crippen LogP contribution in [0.25, 0.3) is 0 Å². The summed E-state index contributed by atoms with van der Waals surface area (Å²) in [5.74, 6) is -0.598. The molecule has 9 heteroatoms. The Bertz CT molecular complexity index is 686. The first kappa shape index (κ1) is 18.9. The van der Waals surface area contributed by atoms with E-state index in [1.54, 1.807) is 13.8 Å². The van der Waals surface area contributed by atoms with Crippen molar-refractivity contribution in [2.45, 2.75) is 38.5 Å². The Balaban J connectivity index is 3.17. The van der Waals surface area contributed by atoms with Crippen molar-refractivity contribution in [2.24, 2.45) is 5.92 Å². The van der Waals surface area contributed by atoms with Crippen molar-refractivity contribution in [3.05, 3.63) is 28.3 Å². The lowest BCUT2D eigenvalue weighted by Gasteiger charge is -2.13. The van der Waals surface area contributed by atoms with Crippen LogP contribution in [0, 0.1) is 16.0 Å². The van der Waals surface area contributed by atoms with Gasteiger partial charge in [0.2, 0.25) is 5.91 Å². The molecule has 0 aliphatic rings. The molecular weight excluding hydrogens is 322 g/mol. The number of carbonyl (C=O) groups excluding carboxylic acids is 1. The lowest BCUT2D eigenvalue weighted by atomic mass is 10.1. The van der Waals surface area contributed by atoms with E-state index in [0.717, 1.165) is 18.2 Å². The number of nitro benzene ring substituents is 1. The summed E-state index contributed by atoms with van der Waals surface area (Å²) in [6.45, 7) is 5.92. The minimum atomic E-state index is -4.09. The second-order valence-electron chi connectivity index (χ2n) is 5.49. The third kappa shape index (κ3) is 5.51. The standard InChI is InChI=1S/C14H21N3O5S/c1-4-7-15-12-9-11(17(19)20)5-6-13(12)23(21,22)16-14(18)8-10(2)3/h5-6,9-10,15H,4,7-8H2,1-3H3,(H,16,18). The van der Waals surface area contributed by atoms with Gasteiger partial charge < -0.3 is 5.32 Å². The molecule has 0 atom stereocenters. The maximum Gasteiger partial charge on any atom is 0.271 e. The summed E-state index contributed by atoms with van der Waals surface area (Å²) in [6, 6.07) is 3.37. The Morgan fingerprint density at radius 3 is 2.52 bits per heavy atom. The van der Waals surface area contributed by atoms with Gasteiger partial charge in [-0.1, -0.05) is 20.8 Å². The molecule has 0 aliphatic heterocycles. The minimum Gasteiger partial charge on any atom is -0.384 e. The molecule has 0 radical (unpaired) electrons. The van der Waals surface area contributed by atoms with Crippen LogP contribution in [0.5, 0.6) is 0 Å². The van der Waals surface area contributed by atoms with Crippen molar-refractivity contribution in [3.63, 3.8) is 0 Å². The van der Waals surface area contributed by atoms with E-state index >= 15 is 0 Å². The van der Waals surface area contributed by atoms with Gasteiger partial charge in [0.25, 0.3) is 15.7 Å². The van der Waals surface area contributed by atoms with E-state index in [0.29, 0.717) is 13.0 Å². The number of nitrogens with zero attached hydrogens (tertiary/aromatic N) is 1. The first-order chi connectivity index (χ1) is 10.7. The van der Waals surface area contributed by atoms with E-state index in [1.807, 2.05) is 11.6 Å². The molecular formula is C14H21N3O5S. The van der Waals surface area contributed by atoms with E-state index < -0.39 is 20.9 Å². The number of nitro groups is 1. The number of nitrogens with one attached hydrogen (secondary N) is 2. The number of benzene rings is 1. The molecule has 0 aliphatic carbocycles. The molecule has 0 bridgehead atoms. The summed E-state index contributed by atoms with van der Waals surface area (Å²) in [7, 11) is -4.09. The SMILES string of the molecule is CCCNc1cc([N+](=O)[O-])ccc1S(=O)(=O)NC(=O)CC(C)C. The maximum absolute atomic E-state index is 12.3. The van der Waals surface area contributed by atoms with E-state index in [4.69, 9.17) is 0 Å². The van der Waals surface area contributed by atoms with Gasteiger partial charge in [0.05, 0.1) is 10.6 Å². The number of amides is 1. The van der Waals surface area contributed by atoms with Gasteiger partial charge in [-0.3, -0.25) is 14.9 Å². The largest absolute Gasteiger partial charge is 0.384 e. The van der Waals surface area contributed by atoms with Crippen molar-refractivity contribution in [3.8, 4) is 0 Å². The number of hydrogen-bond donors (Lipinski definition) is 2. The zero-order valence-electron chi connectivity index (χ0n) is 13.3. The highest BCUT2D eigenvalue weighted by Gasteiger charge is 2.23. The van der Waals surface area contributed by atoms with Gasteiger partial charge in [0.15, 0.2) is 0 Å². The van der Waals surface area contributed by atoms with Crippen LogP contribution in [0.4, 0.5) is 11.4 Å². The van der Waals surface area contributed by atoms with Crippen LogP contribution in [-0.4, -0.2) is 25.8 Å². The van der Waals surface area contributed by atoms with E-state index in [2.05, 4.69) is 5.32 Å². The van der Waals surface area contributed by atoms with Gasteiger partial charge in [0.1, 0.15) is 4.90 Å². The maximum atomic E-state index is 12.3. The molecule has 0 spiro atoms. The van der Waals surface area contributed by atoms with Crippen molar-refractivity contribution in [1.29, 1.82) is 0 Å². The van der Waals surface area contributed by atoms with Crippen LogP contribution in [0.1, 0.15) is 33.6 Å². The molecule has 0 fully saturated rings. The highest BCUT2D eigenvalue weighted by atomic mass is 32.2. The third-order valence-corrected chi connectivity index (χ3v) is 4.30. The summed E-state index contributed by atoms with van der Waals surface area (Å²) >= 11 is 0. The predicted molar refractivity (Wildman–Crippen MR) is 86.7 cm³/mol. The zero-order valence-corrected chi connectivity index (χ0v) is 14.1. The highest BCUT2D eigenvalue weighted by Crippen LogP contribution is 2.26. The summed E-state index contributed by atoms with van der Waals surface area (Å²) in [6.07, 6.45) is 0.784. The molecule has 0 saturated heterocycles. The van der Waals surface area contributed by atoms with Crippen LogP contribution in [0.3, 0.4) is 0 Å². The Morgan fingerprint density at radius 1 is 1.35 bits per heavy atom. The van der Waals surface area contributed by atoms with E-state index in [-0.39, 0.29) is 28.6 Å². The van der Waals surface area contributed by atoms with Crippen molar-refractivity contribution in [2.75, 3.05) is 11.9 Å².